The number of fused-ring (bicyclic) bond motifs is 3. The third kappa shape index (κ3) is 2.74. The molecule has 4 heterocycles. The molecule has 8 nitrogen and oxygen atoms in total. The number of hydrogen-bond donors (Lipinski definition) is 0. The average molecular weight is 357 g/mol. The van der Waals surface area contributed by atoms with Gasteiger partial charge in [-0.05, 0) is 31.9 Å². The second-order valence-corrected chi connectivity index (χ2v) is 6.96. The zero-order chi connectivity index (χ0) is 18.3. The molecule has 0 N–H and O–H groups in total. The van der Waals surface area contributed by atoms with Crippen molar-refractivity contribution in [2.75, 3.05) is 20.2 Å². The Kier molecular flexibility index (Phi) is 4.36. The molecule has 0 spiro atoms. The van der Waals surface area contributed by atoms with Crippen LogP contribution < -0.4 is 15.9 Å². The van der Waals surface area contributed by atoms with E-state index in [-0.39, 0.29) is 5.92 Å². The minimum Gasteiger partial charge on any atom is -0.481 e. The summed E-state index contributed by atoms with van der Waals surface area (Å²) in [6.07, 6.45) is 2.71. The smallest absolute Gasteiger partial charge is 0.332 e. The summed E-state index contributed by atoms with van der Waals surface area (Å²) < 4.78 is 8.24. The number of rotatable bonds is 4. The maximum Gasteiger partial charge on any atom is 0.332 e. The fourth-order valence-corrected chi connectivity index (χ4v) is 4.14. The number of methoxy groups -OCH3 is 1. The van der Waals surface area contributed by atoms with E-state index in [4.69, 9.17) is 4.74 Å². The molecule has 2 aliphatic heterocycles. The molecule has 8 heteroatoms. The fourth-order valence-electron chi connectivity index (χ4n) is 4.14. The highest BCUT2D eigenvalue weighted by Crippen LogP contribution is 2.37. The van der Waals surface area contributed by atoms with Crippen molar-refractivity contribution in [1.82, 2.24) is 24.2 Å². The molecule has 2 aromatic heterocycles. The van der Waals surface area contributed by atoms with Gasteiger partial charge in [0.2, 0.25) is 5.88 Å². The standard InChI is InChI=1S/C18H23N5O3/c1-3-23-18(25)17(24)22-10-12-6-8-21(11-14(12)15(22)20-23)9-13-5-4-7-19-16(13)26-2/h4-5,7,12,14H,3,6,8-11H2,1-2H3/t12-,14-/m1/s1. The highest BCUT2D eigenvalue weighted by atomic mass is 16.5. The first-order valence-electron chi connectivity index (χ1n) is 9.04. The molecule has 2 aromatic rings. The molecule has 0 aromatic carbocycles. The second kappa shape index (κ2) is 6.68. The van der Waals surface area contributed by atoms with Gasteiger partial charge < -0.3 is 4.74 Å². The van der Waals surface area contributed by atoms with E-state index in [1.54, 1.807) is 17.9 Å². The Morgan fingerprint density at radius 2 is 2.12 bits per heavy atom. The number of ether oxygens (including phenoxy) is 1. The van der Waals surface area contributed by atoms with E-state index in [1.807, 2.05) is 19.1 Å². The molecule has 26 heavy (non-hydrogen) atoms. The lowest BCUT2D eigenvalue weighted by atomic mass is 9.87. The fraction of sp³-hybridized carbons (Fsp3) is 0.556. The summed E-state index contributed by atoms with van der Waals surface area (Å²) in [5, 5.41) is 4.50. The quantitative estimate of drug-likeness (QED) is 0.739. The van der Waals surface area contributed by atoms with E-state index >= 15 is 0 Å². The SMILES string of the molecule is CCn1nc2n(c(=O)c1=O)C[C@H]1CCN(Cc3cccnc3OC)C[C@@H]21. The van der Waals surface area contributed by atoms with Crippen LogP contribution in [0, 0.1) is 5.92 Å². The van der Waals surface area contributed by atoms with Crippen molar-refractivity contribution in [3.63, 3.8) is 0 Å². The Morgan fingerprint density at radius 1 is 1.27 bits per heavy atom. The number of piperidine rings is 1. The number of aromatic nitrogens is 4. The molecule has 138 valence electrons. The molecule has 4 rings (SSSR count). The van der Waals surface area contributed by atoms with Gasteiger partial charge in [-0.15, -0.1) is 0 Å². The predicted octanol–water partition coefficient (Wildman–Crippen LogP) is 0.448. The van der Waals surface area contributed by atoms with Crippen molar-refractivity contribution in [2.24, 2.45) is 5.92 Å². The molecule has 1 saturated heterocycles. The minimum absolute atomic E-state index is 0.178. The summed E-state index contributed by atoms with van der Waals surface area (Å²) in [6.45, 7) is 5.36. The minimum atomic E-state index is -0.521. The molecule has 0 unspecified atom stereocenters. The molecule has 1 fully saturated rings. The molecule has 0 amide bonds. The van der Waals surface area contributed by atoms with Crippen LogP contribution in [0.1, 0.15) is 30.7 Å². The number of likely N-dealkylation sites (tertiary alicyclic amines) is 1. The van der Waals surface area contributed by atoms with Gasteiger partial charge >= 0.3 is 11.1 Å². The first kappa shape index (κ1) is 17.0. The van der Waals surface area contributed by atoms with Crippen LogP contribution in [0.25, 0.3) is 0 Å². The van der Waals surface area contributed by atoms with Gasteiger partial charge in [0.25, 0.3) is 0 Å². The number of hydrogen-bond acceptors (Lipinski definition) is 6. The Labute approximate surface area is 151 Å². The first-order valence-corrected chi connectivity index (χ1v) is 9.04. The third-order valence-electron chi connectivity index (χ3n) is 5.49. The van der Waals surface area contributed by atoms with Crippen molar-refractivity contribution in [3.05, 3.63) is 50.4 Å². The molecular formula is C18H23N5O3. The number of pyridine rings is 1. The monoisotopic (exact) mass is 357 g/mol. The highest BCUT2D eigenvalue weighted by molar-refractivity contribution is 5.25. The van der Waals surface area contributed by atoms with Crippen LogP contribution in [-0.2, 0) is 19.6 Å². The van der Waals surface area contributed by atoms with Crippen molar-refractivity contribution >= 4 is 0 Å². The van der Waals surface area contributed by atoms with Gasteiger partial charge in [0.15, 0.2) is 0 Å². The molecular weight excluding hydrogens is 334 g/mol. The number of aryl methyl sites for hydroxylation is 1. The summed E-state index contributed by atoms with van der Waals surface area (Å²) >= 11 is 0. The Morgan fingerprint density at radius 3 is 2.88 bits per heavy atom. The Hall–Kier alpha value is -2.48. The lowest BCUT2D eigenvalue weighted by molar-refractivity contribution is 0.156. The Bertz CT molecular complexity index is 935. The second-order valence-electron chi connectivity index (χ2n) is 6.96. The van der Waals surface area contributed by atoms with Gasteiger partial charge in [0, 0.05) is 43.9 Å². The maximum absolute atomic E-state index is 12.4. The van der Waals surface area contributed by atoms with E-state index in [0.29, 0.717) is 24.9 Å². The summed E-state index contributed by atoms with van der Waals surface area (Å²) in [5.41, 5.74) is 0.0916. The normalized spacial score (nSPS) is 22.1. The van der Waals surface area contributed by atoms with Crippen LogP contribution in [0.15, 0.2) is 27.9 Å². The predicted molar refractivity (Wildman–Crippen MR) is 95.3 cm³/mol. The van der Waals surface area contributed by atoms with Crippen LogP contribution >= 0.6 is 0 Å². The first-order chi connectivity index (χ1) is 12.6. The zero-order valence-electron chi connectivity index (χ0n) is 15.1. The van der Waals surface area contributed by atoms with Gasteiger partial charge in [-0.25, -0.2) is 9.67 Å². The van der Waals surface area contributed by atoms with Crippen LogP contribution in [0.5, 0.6) is 5.88 Å². The van der Waals surface area contributed by atoms with Gasteiger partial charge in [0.1, 0.15) is 5.82 Å². The average Bonchev–Trinajstić information content (AvgIpc) is 3.03. The van der Waals surface area contributed by atoms with Crippen molar-refractivity contribution in [2.45, 2.75) is 38.9 Å². The molecule has 0 saturated carbocycles. The molecule has 0 aliphatic carbocycles. The van der Waals surface area contributed by atoms with Crippen LogP contribution in [0.4, 0.5) is 0 Å². The van der Waals surface area contributed by atoms with Gasteiger partial charge in [-0.1, -0.05) is 6.07 Å². The summed E-state index contributed by atoms with van der Waals surface area (Å²) in [5.74, 6) is 1.95. The van der Waals surface area contributed by atoms with Crippen molar-refractivity contribution in [3.8, 4) is 5.88 Å². The van der Waals surface area contributed by atoms with Crippen molar-refractivity contribution < 1.29 is 4.74 Å². The maximum atomic E-state index is 12.4. The molecule has 2 aliphatic rings. The molecule has 2 atom stereocenters. The van der Waals surface area contributed by atoms with Crippen LogP contribution in [0.3, 0.4) is 0 Å². The summed E-state index contributed by atoms with van der Waals surface area (Å²) in [7, 11) is 1.63. The molecule has 0 bridgehead atoms. The van der Waals surface area contributed by atoms with Crippen molar-refractivity contribution in [1.29, 1.82) is 0 Å². The van der Waals surface area contributed by atoms with Gasteiger partial charge in [-0.2, -0.15) is 5.10 Å². The lowest BCUT2D eigenvalue weighted by Gasteiger charge is -2.34. The summed E-state index contributed by atoms with van der Waals surface area (Å²) in [6, 6.07) is 3.94. The largest absolute Gasteiger partial charge is 0.481 e. The van der Waals surface area contributed by atoms with Crippen LogP contribution in [-0.4, -0.2) is 44.4 Å². The van der Waals surface area contributed by atoms with Gasteiger partial charge in [0.05, 0.1) is 7.11 Å². The molecule has 0 radical (unpaired) electrons. The Balaban J connectivity index is 1.61. The van der Waals surface area contributed by atoms with E-state index < -0.39 is 11.1 Å². The lowest BCUT2D eigenvalue weighted by Crippen LogP contribution is -2.43. The van der Waals surface area contributed by atoms with E-state index in [1.165, 1.54) is 4.68 Å². The summed E-state index contributed by atoms with van der Waals surface area (Å²) in [4.78, 5) is 31.1. The van der Waals surface area contributed by atoms with Gasteiger partial charge in [-0.3, -0.25) is 19.1 Å². The number of nitrogens with zero attached hydrogens (tertiary/aromatic N) is 5. The van der Waals surface area contributed by atoms with E-state index in [2.05, 4.69) is 15.0 Å². The highest BCUT2D eigenvalue weighted by Gasteiger charge is 2.40. The van der Waals surface area contributed by atoms with E-state index in [0.717, 1.165) is 37.4 Å². The van der Waals surface area contributed by atoms with Crippen LogP contribution in [0.2, 0.25) is 0 Å². The third-order valence-corrected chi connectivity index (χ3v) is 5.49. The topological polar surface area (TPSA) is 82.3 Å². The zero-order valence-corrected chi connectivity index (χ0v) is 15.1. The van der Waals surface area contributed by atoms with E-state index in [9.17, 15) is 9.59 Å².